The zero-order valence-corrected chi connectivity index (χ0v) is 11.7. The molecule has 0 aliphatic heterocycles. The van der Waals surface area contributed by atoms with E-state index in [-0.39, 0.29) is 11.4 Å². The van der Waals surface area contributed by atoms with Crippen molar-refractivity contribution >= 4 is 11.7 Å². The molecule has 0 unspecified atom stereocenters. The summed E-state index contributed by atoms with van der Waals surface area (Å²) >= 11 is 0. The zero-order chi connectivity index (χ0) is 17.2. The van der Waals surface area contributed by atoms with Crippen LogP contribution in [0.3, 0.4) is 0 Å². The molecule has 118 valence electrons. The van der Waals surface area contributed by atoms with Gasteiger partial charge in [0.15, 0.2) is 5.82 Å². The molecule has 0 aliphatic carbocycles. The van der Waals surface area contributed by atoms with Crippen LogP contribution in [0.15, 0.2) is 30.3 Å². The summed E-state index contributed by atoms with van der Waals surface area (Å²) in [6, 6.07) is 6.67. The van der Waals surface area contributed by atoms with Gasteiger partial charge in [0.2, 0.25) is 0 Å². The summed E-state index contributed by atoms with van der Waals surface area (Å²) in [5.41, 5.74) is -1.37. The van der Waals surface area contributed by atoms with Gasteiger partial charge in [0, 0.05) is 11.3 Å². The molecule has 0 saturated carbocycles. The van der Waals surface area contributed by atoms with E-state index in [1.165, 1.54) is 6.07 Å². The number of nitriles is 1. The van der Waals surface area contributed by atoms with E-state index in [9.17, 15) is 22.4 Å². The van der Waals surface area contributed by atoms with Crippen LogP contribution in [0.1, 0.15) is 27.2 Å². The maximum atomic E-state index is 13.2. The Morgan fingerprint density at radius 2 is 1.96 bits per heavy atom. The molecule has 0 radical (unpaired) electrons. The van der Waals surface area contributed by atoms with E-state index < -0.39 is 29.0 Å². The summed E-state index contributed by atoms with van der Waals surface area (Å²) < 4.78 is 51.2. The number of benzene rings is 1. The number of rotatable bonds is 2. The number of amides is 1. The van der Waals surface area contributed by atoms with Gasteiger partial charge >= 0.3 is 6.18 Å². The van der Waals surface area contributed by atoms with Gasteiger partial charge < -0.3 is 5.32 Å². The van der Waals surface area contributed by atoms with Crippen LogP contribution >= 0.6 is 0 Å². The molecule has 0 saturated heterocycles. The third-order valence-corrected chi connectivity index (χ3v) is 2.92. The van der Waals surface area contributed by atoms with Crippen molar-refractivity contribution in [3.05, 3.63) is 58.5 Å². The molecule has 0 aliphatic rings. The van der Waals surface area contributed by atoms with Crippen molar-refractivity contribution in [1.82, 2.24) is 4.98 Å². The van der Waals surface area contributed by atoms with Crippen LogP contribution in [-0.2, 0) is 6.18 Å². The number of hydrogen-bond donors (Lipinski definition) is 1. The number of pyridine rings is 1. The van der Waals surface area contributed by atoms with Crippen LogP contribution in [0.5, 0.6) is 0 Å². The molecular weight excluding hydrogens is 314 g/mol. The molecule has 1 heterocycles. The van der Waals surface area contributed by atoms with Crippen molar-refractivity contribution in [2.45, 2.75) is 13.1 Å². The third-order valence-electron chi connectivity index (χ3n) is 2.92. The Bertz CT molecular complexity index is 809. The van der Waals surface area contributed by atoms with Gasteiger partial charge in [0.05, 0.1) is 11.1 Å². The zero-order valence-electron chi connectivity index (χ0n) is 11.7. The molecule has 8 heteroatoms. The average molecular weight is 323 g/mol. The molecule has 1 aromatic carbocycles. The van der Waals surface area contributed by atoms with Gasteiger partial charge in [-0.2, -0.15) is 18.4 Å². The second kappa shape index (κ2) is 6.04. The Hall–Kier alpha value is -2.95. The summed E-state index contributed by atoms with van der Waals surface area (Å²) in [7, 11) is 0. The molecule has 1 N–H and O–H groups in total. The number of anilines is 1. The minimum absolute atomic E-state index is 0.0575. The first-order chi connectivity index (χ1) is 10.7. The highest BCUT2D eigenvalue weighted by Crippen LogP contribution is 2.32. The molecule has 4 nitrogen and oxygen atoms in total. The number of alkyl halides is 3. The van der Waals surface area contributed by atoms with E-state index >= 15 is 0 Å². The van der Waals surface area contributed by atoms with E-state index in [2.05, 4.69) is 10.3 Å². The van der Waals surface area contributed by atoms with Crippen molar-refractivity contribution < 1.29 is 22.4 Å². The number of nitrogens with one attached hydrogen (secondary N) is 1. The number of carbonyl (C=O) groups is 1. The van der Waals surface area contributed by atoms with Crippen LogP contribution in [0.4, 0.5) is 23.4 Å². The highest BCUT2D eigenvalue weighted by molar-refractivity contribution is 6.04. The van der Waals surface area contributed by atoms with Gasteiger partial charge in [0.25, 0.3) is 5.91 Å². The topological polar surface area (TPSA) is 65.8 Å². The predicted molar refractivity (Wildman–Crippen MR) is 73.0 cm³/mol. The first-order valence-corrected chi connectivity index (χ1v) is 6.28. The van der Waals surface area contributed by atoms with Gasteiger partial charge in [0.1, 0.15) is 11.9 Å². The largest absolute Gasteiger partial charge is 0.419 e. The average Bonchev–Trinajstić information content (AvgIpc) is 2.46. The maximum Gasteiger partial charge on any atom is 0.419 e. The van der Waals surface area contributed by atoms with Crippen LogP contribution in [0, 0.1) is 24.1 Å². The second-order valence-corrected chi connectivity index (χ2v) is 4.61. The summed E-state index contributed by atoms with van der Waals surface area (Å²) in [5, 5.41) is 11.2. The van der Waals surface area contributed by atoms with E-state index in [4.69, 9.17) is 5.26 Å². The Kier molecular flexibility index (Phi) is 4.31. The summed E-state index contributed by atoms with van der Waals surface area (Å²) in [6.07, 6.45) is -4.92. The molecule has 0 atom stereocenters. The van der Waals surface area contributed by atoms with Crippen LogP contribution < -0.4 is 5.32 Å². The SMILES string of the molecule is Cc1ccc(C#N)c(NC(=O)c2ccc(F)c(C(F)(F)F)c2)n1. The van der Waals surface area contributed by atoms with Gasteiger partial charge in [-0.15, -0.1) is 0 Å². The van der Waals surface area contributed by atoms with E-state index in [0.29, 0.717) is 17.8 Å². The number of nitrogens with zero attached hydrogens (tertiary/aromatic N) is 2. The lowest BCUT2D eigenvalue weighted by Gasteiger charge is -2.11. The first kappa shape index (κ1) is 16.4. The lowest BCUT2D eigenvalue weighted by Crippen LogP contribution is -2.16. The van der Waals surface area contributed by atoms with Gasteiger partial charge in [-0.1, -0.05) is 0 Å². The third kappa shape index (κ3) is 3.63. The lowest BCUT2D eigenvalue weighted by molar-refractivity contribution is -0.140. The second-order valence-electron chi connectivity index (χ2n) is 4.61. The molecular formula is C15H9F4N3O. The fourth-order valence-electron chi connectivity index (χ4n) is 1.81. The number of carbonyl (C=O) groups excluding carboxylic acids is 1. The van der Waals surface area contributed by atoms with Crippen molar-refractivity contribution in [3.8, 4) is 6.07 Å². The smallest absolute Gasteiger partial charge is 0.305 e. The summed E-state index contributed by atoms with van der Waals surface area (Å²) in [6.45, 7) is 1.62. The molecule has 23 heavy (non-hydrogen) atoms. The highest BCUT2D eigenvalue weighted by Gasteiger charge is 2.34. The molecule has 2 rings (SSSR count). The molecule has 2 aromatic rings. The monoisotopic (exact) mass is 323 g/mol. The van der Waals surface area contributed by atoms with Crippen molar-refractivity contribution in [3.63, 3.8) is 0 Å². The number of aryl methyl sites for hydroxylation is 1. The Labute approximate surface area is 128 Å². The van der Waals surface area contributed by atoms with Crippen molar-refractivity contribution in [2.75, 3.05) is 5.32 Å². The lowest BCUT2D eigenvalue weighted by atomic mass is 10.1. The Morgan fingerprint density at radius 3 is 2.57 bits per heavy atom. The fraction of sp³-hybridized carbons (Fsp3) is 0.133. The van der Waals surface area contributed by atoms with Gasteiger partial charge in [-0.3, -0.25) is 4.79 Å². The van der Waals surface area contributed by atoms with Crippen molar-refractivity contribution in [1.29, 1.82) is 5.26 Å². The van der Waals surface area contributed by atoms with E-state index in [0.717, 1.165) is 6.07 Å². The van der Waals surface area contributed by atoms with E-state index in [1.807, 2.05) is 6.07 Å². The minimum Gasteiger partial charge on any atom is -0.305 e. The standard InChI is InChI=1S/C15H9F4N3O/c1-8-2-3-10(7-20)13(21-8)22-14(23)9-4-5-12(16)11(6-9)15(17,18)19/h2-6H,1H3,(H,21,22,23). The summed E-state index contributed by atoms with van der Waals surface area (Å²) in [5.74, 6) is -2.47. The molecule has 0 spiro atoms. The van der Waals surface area contributed by atoms with Crippen LogP contribution in [0.25, 0.3) is 0 Å². The van der Waals surface area contributed by atoms with E-state index in [1.54, 1.807) is 13.0 Å². The Balaban J connectivity index is 2.36. The molecule has 1 amide bonds. The normalized spacial score (nSPS) is 11.0. The molecule has 1 aromatic heterocycles. The molecule has 0 fully saturated rings. The first-order valence-electron chi connectivity index (χ1n) is 6.28. The predicted octanol–water partition coefficient (Wildman–Crippen LogP) is 3.67. The Morgan fingerprint density at radius 1 is 1.26 bits per heavy atom. The number of aromatic nitrogens is 1. The van der Waals surface area contributed by atoms with Crippen LogP contribution in [-0.4, -0.2) is 10.9 Å². The van der Waals surface area contributed by atoms with Crippen molar-refractivity contribution in [2.24, 2.45) is 0 Å². The fourth-order valence-corrected chi connectivity index (χ4v) is 1.81. The quantitative estimate of drug-likeness (QED) is 0.858. The molecule has 0 bridgehead atoms. The van der Waals surface area contributed by atoms with Gasteiger partial charge in [-0.25, -0.2) is 9.37 Å². The number of halogens is 4. The van der Waals surface area contributed by atoms with Crippen LogP contribution in [0.2, 0.25) is 0 Å². The number of hydrogen-bond acceptors (Lipinski definition) is 3. The minimum atomic E-state index is -4.92. The highest BCUT2D eigenvalue weighted by atomic mass is 19.4. The van der Waals surface area contributed by atoms with Gasteiger partial charge in [-0.05, 0) is 37.3 Å². The maximum absolute atomic E-state index is 13.2. The summed E-state index contributed by atoms with van der Waals surface area (Å²) in [4.78, 5) is 16.0.